The summed E-state index contributed by atoms with van der Waals surface area (Å²) < 4.78 is 10.2. The molecule has 1 aliphatic heterocycles. The van der Waals surface area contributed by atoms with E-state index >= 15 is 0 Å². The molecule has 1 atom stereocenters. The van der Waals surface area contributed by atoms with E-state index < -0.39 is 0 Å². The number of aromatic nitrogens is 2. The zero-order chi connectivity index (χ0) is 17.6. The second kappa shape index (κ2) is 8.07. The van der Waals surface area contributed by atoms with Crippen molar-refractivity contribution in [1.82, 2.24) is 14.9 Å². The number of methoxy groups -OCH3 is 2. The molecule has 1 unspecified atom stereocenters. The molecule has 1 aliphatic rings. The zero-order valence-electron chi connectivity index (χ0n) is 14.6. The predicted octanol–water partition coefficient (Wildman–Crippen LogP) is 2.50. The summed E-state index contributed by atoms with van der Waals surface area (Å²) in [6, 6.07) is 9.65. The topological polar surface area (TPSA) is 64.5 Å². The molecule has 0 aliphatic carbocycles. The molecule has 0 N–H and O–H groups in total. The van der Waals surface area contributed by atoms with Gasteiger partial charge in [-0.25, -0.2) is 9.97 Å². The molecule has 6 heteroatoms. The molecule has 1 aromatic carbocycles. The Kier molecular flexibility index (Phi) is 5.60. The van der Waals surface area contributed by atoms with E-state index in [1.54, 1.807) is 20.4 Å². The maximum atomic E-state index is 12.1. The monoisotopic (exact) mass is 341 g/mol. The highest BCUT2D eigenvalue weighted by Crippen LogP contribution is 2.27. The molecule has 3 rings (SSSR count). The number of amides is 1. The molecule has 1 amide bonds. The molecule has 1 fully saturated rings. The van der Waals surface area contributed by atoms with Gasteiger partial charge in [0.15, 0.2) is 5.82 Å². The van der Waals surface area contributed by atoms with Crippen molar-refractivity contribution in [1.29, 1.82) is 0 Å². The van der Waals surface area contributed by atoms with Crippen LogP contribution in [0.5, 0.6) is 5.75 Å². The van der Waals surface area contributed by atoms with Gasteiger partial charge in [0.2, 0.25) is 5.91 Å². The molecular weight excluding hydrogens is 318 g/mol. The van der Waals surface area contributed by atoms with E-state index in [1.807, 2.05) is 35.2 Å². The minimum absolute atomic E-state index is 0.0385. The van der Waals surface area contributed by atoms with Crippen LogP contribution in [0, 0.1) is 0 Å². The minimum Gasteiger partial charge on any atom is -0.497 e. The Bertz CT molecular complexity index is 718. The highest BCUT2D eigenvalue weighted by molar-refractivity contribution is 5.77. The van der Waals surface area contributed by atoms with Gasteiger partial charge in [0.05, 0.1) is 7.11 Å². The third kappa shape index (κ3) is 4.14. The van der Waals surface area contributed by atoms with Crippen LogP contribution in [0.4, 0.5) is 0 Å². The molecule has 0 saturated carbocycles. The van der Waals surface area contributed by atoms with Crippen molar-refractivity contribution in [2.45, 2.75) is 18.8 Å². The number of likely N-dealkylation sites (tertiary alicyclic amines) is 1. The fourth-order valence-electron chi connectivity index (χ4n) is 3.14. The smallest absolute Gasteiger partial charge is 0.248 e. The first-order valence-corrected chi connectivity index (χ1v) is 8.45. The van der Waals surface area contributed by atoms with Crippen molar-refractivity contribution in [3.8, 4) is 17.1 Å². The number of benzene rings is 1. The summed E-state index contributed by atoms with van der Waals surface area (Å²) in [5.41, 5.74) is 1.93. The molecule has 25 heavy (non-hydrogen) atoms. The summed E-state index contributed by atoms with van der Waals surface area (Å²) in [6.07, 6.45) is 3.79. The van der Waals surface area contributed by atoms with E-state index in [2.05, 4.69) is 4.98 Å². The molecule has 2 aromatic rings. The quantitative estimate of drug-likeness (QED) is 0.836. The van der Waals surface area contributed by atoms with E-state index in [4.69, 9.17) is 14.5 Å². The number of ether oxygens (including phenoxy) is 2. The summed E-state index contributed by atoms with van der Waals surface area (Å²) >= 11 is 0. The number of hydrogen-bond donors (Lipinski definition) is 0. The maximum Gasteiger partial charge on any atom is 0.248 e. The first-order chi connectivity index (χ1) is 12.2. The average Bonchev–Trinajstić information content (AvgIpc) is 2.68. The van der Waals surface area contributed by atoms with Crippen LogP contribution < -0.4 is 4.74 Å². The van der Waals surface area contributed by atoms with Gasteiger partial charge in [0.1, 0.15) is 12.4 Å². The Morgan fingerprint density at radius 2 is 2.04 bits per heavy atom. The van der Waals surface area contributed by atoms with Crippen molar-refractivity contribution in [3.63, 3.8) is 0 Å². The molecule has 1 aromatic heterocycles. The van der Waals surface area contributed by atoms with Crippen molar-refractivity contribution in [3.05, 3.63) is 42.2 Å². The fraction of sp³-hybridized carbons (Fsp3) is 0.421. The van der Waals surface area contributed by atoms with Gasteiger partial charge in [0.25, 0.3) is 0 Å². The standard InChI is InChI=1S/C19H23N3O3/c1-24-13-18(23)22-11-3-4-15(12-22)17-9-10-20-19(21-17)14-5-7-16(25-2)8-6-14/h5-10,15H,3-4,11-13H2,1-2H3. The summed E-state index contributed by atoms with van der Waals surface area (Å²) in [5, 5.41) is 0. The maximum absolute atomic E-state index is 12.1. The molecule has 132 valence electrons. The van der Waals surface area contributed by atoms with Crippen LogP contribution in [-0.2, 0) is 9.53 Å². The summed E-state index contributed by atoms with van der Waals surface area (Å²) in [7, 11) is 3.19. The summed E-state index contributed by atoms with van der Waals surface area (Å²) in [6.45, 7) is 1.60. The van der Waals surface area contributed by atoms with Gasteiger partial charge in [0, 0.05) is 43.6 Å². The zero-order valence-corrected chi connectivity index (χ0v) is 14.6. The fourth-order valence-corrected chi connectivity index (χ4v) is 3.14. The van der Waals surface area contributed by atoms with Crippen molar-refractivity contribution in [2.24, 2.45) is 0 Å². The van der Waals surface area contributed by atoms with Crippen LogP contribution in [0.25, 0.3) is 11.4 Å². The average molecular weight is 341 g/mol. The van der Waals surface area contributed by atoms with Crippen molar-refractivity contribution in [2.75, 3.05) is 33.9 Å². The van der Waals surface area contributed by atoms with E-state index in [9.17, 15) is 4.79 Å². The SMILES string of the molecule is COCC(=O)N1CCCC(c2ccnc(-c3ccc(OC)cc3)n2)C1. The van der Waals surface area contributed by atoms with Crippen LogP contribution in [0.15, 0.2) is 36.5 Å². The lowest BCUT2D eigenvalue weighted by Crippen LogP contribution is -2.41. The van der Waals surface area contributed by atoms with E-state index in [-0.39, 0.29) is 18.4 Å². The molecule has 0 spiro atoms. The van der Waals surface area contributed by atoms with Gasteiger partial charge in [-0.2, -0.15) is 0 Å². The molecule has 0 bridgehead atoms. The number of carbonyl (C=O) groups excluding carboxylic acids is 1. The number of rotatable bonds is 5. The van der Waals surface area contributed by atoms with Gasteiger partial charge in [-0.15, -0.1) is 0 Å². The lowest BCUT2D eigenvalue weighted by atomic mass is 9.94. The van der Waals surface area contributed by atoms with Crippen LogP contribution >= 0.6 is 0 Å². The van der Waals surface area contributed by atoms with Crippen molar-refractivity contribution >= 4 is 5.91 Å². The molecule has 6 nitrogen and oxygen atoms in total. The minimum atomic E-state index is 0.0385. The molecule has 0 radical (unpaired) electrons. The van der Waals surface area contributed by atoms with E-state index in [1.165, 1.54) is 0 Å². The second-order valence-corrected chi connectivity index (χ2v) is 6.15. The lowest BCUT2D eigenvalue weighted by molar-refractivity contribution is -0.136. The van der Waals surface area contributed by atoms with Crippen LogP contribution in [-0.4, -0.2) is 54.7 Å². The van der Waals surface area contributed by atoms with Crippen LogP contribution in [0.1, 0.15) is 24.5 Å². The Balaban J connectivity index is 1.77. The van der Waals surface area contributed by atoms with Gasteiger partial charge in [-0.3, -0.25) is 4.79 Å². The Morgan fingerprint density at radius 1 is 1.24 bits per heavy atom. The predicted molar refractivity (Wildman–Crippen MR) is 94.5 cm³/mol. The molecular formula is C19H23N3O3. The van der Waals surface area contributed by atoms with Gasteiger partial charge >= 0.3 is 0 Å². The molecule has 2 heterocycles. The Labute approximate surface area is 147 Å². The first kappa shape index (κ1) is 17.4. The highest BCUT2D eigenvalue weighted by Gasteiger charge is 2.25. The van der Waals surface area contributed by atoms with Gasteiger partial charge in [-0.1, -0.05) is 0 Å². The van der Waals surface area contributed by atoms with Crippen molar-refractivity contribution < 1.29 is 14.3 Å². The lowest BCUT2D eigenvalue weighted by Gasteiger charge is -2.32. The van der Waals surface area contributed by atoms with E-state index in [0.717, 1.165) is 36.4 Å². The van der Waals surface area contributed by atoms with Crippen LogP contribution in [0.3, 0.4) is 0 Å². The highest BCUT2D eigenvalue weighted by atomic mass is 16.5. The number of nitrogens with zero attached hydrogens (tertiary/aromatic N) is 3. The largest absolute Gasteiger partial charge is 0.497 e. The third-order valence-electron chi connectivity index (χ3n) is 4.49. The van der Waals surface area contributed by atoms with Gasteiger partial charge in [-0.05, 0) is 43.2 Å². The Hall–Kier alpha value is -2.47. The van der Waals surface area contributed by atoms with E-state index in [0.29, 0.717) is 12.4 Å². The number of hydrogen-bond acceptors (Lipinski definition) is 5. The van der Waals surface area contributed by atoms with Crippen LogP contribution in [0.2, 0.25) is 0 Å². The second-order valence-electron chi connectivity index (χ2n) is 6.15. The Morgan fingerprint density at radius 3 is 2.76 bits per heavy atom. The van der Waals surface area contributed by atoms with Gasteiger partial charge < -0.3 is 14.4 Å². The molecule has 1 saturated heterocycles. The summed E-state index contributed by atoms with van der Waals surface area (Å²) in [5.74, 6) is 1.77. The first-order valence-electron chi connectivity index (χ1n) is 8.45. The normalized spacial score (nSPS) is 17.4. The number of piperidine rings is 1. The summed E-state index contributed by atoms with van der Waals surface area (Å²) in [4.78, 5) is 23.1. The number of carbonyl (C=O) groups is 1. The third-order valence-corrected chi connectivity index (χ3v) is 4.49.